The van der Waals surface area contributed by atoms with Crippen LogP contribution in [0.3, 0.4) is 0 Å². The van der Waals surface area contributed by atoms with Crippen molar-refractivity contribution in [3.8, 4) is 0 Å². The zero-order chi connectivity index (χ0) is 47.8. The van der Waals surface area contributed by atoms with E-state index in [2.05, 4.69) is 31.5 Å². The van der Waals surface area contributed by atoms with Gasteiger partial charge in [-0.25, -0.2) is 4.79 Å². The Bertz CT molecular complexity index is 2430. The number of esters is 3. The fraction of sp³-hybridized carbons (Fsp3) is 0.510. The van der Waals surface area contributed by atoms with Gasteiger partial charge in [-0.15, -0.1) is 0 Å². The van der Waals surface area contributed by atoms with Crippen molar-refractivity contribution in [1.29, 1.82) is 0 Å². The van der Waals surface area contributed by atoms with Crippen LogP contribution in [-0.4, -0.2) is 99.7 Å². The molecule has 2 heterocycles. The van der Waals surface area contributed by atoms with Gasteiger partial charge >= 0.3 is 17.9 Å². The molecule has 1 amide bonds. The largest absolute Gasteiger partial charge is 0.457 e. The monoisotopic (exact) mass is 937 g/mol. The van der Waals surface area contributed by atoms with Gasteiger partial charge in [0.15, 0.2) is 28.0 Å². The zero-order valence-electron chi connectivity index (χ0n) is 39.5. The summed E-state index contributed by atoms with van der Waals surface area (Å²) in [6.07, 6.45) is -5.66. The van der Waals surface area contributed by atoms with Gasteiger partial charge < -0.3 is 38.2 Å². The number of nitrogens with one attached hydrogen (secondary N) is 1. The third-order valence-electron chi connectivity index (χ3n) is 15.2. The molecule has 352 valence electrons. The zero-order valence-corrected chi connectivity index (χ0v) is 41.5. The summed E-state index contributed by atoms with van der Waals surface area (Å²) in [5.41, 5.74) is -3.80. The number of benzene rings is 3. The first-order chi connectivity index (χ1) is 31.0. The lowest BCUT2D eigenvalue weighted by molar-refractivity contribution is -0.344. The minimum Gasteiger partial charge on any atom is -0.457 e. The van der Waals surface area contributed by atoms with E-state index in [9.17, 15) is 24.3 Å². The van der Waals surface area contributed by atoms with Crippen molar-refractivity contribution in [3.63, 3.8) is 0 Å². The van der Waals surface area contributed by atoms with Crippen LogP contribution < -0.4 is 5.32 Å². The molecule has 2 saturated carbocycles. The number of rotatable bonds is 9. The van der Waals surface area contributed by atoms with E-state index in [0.717, 1.165) is 0 Å². The van der Waals surface area contributed by atoms with E-state index in [1.54, 1.807) is 75.4 Å². The van der Waals surface area contributed by atoms with Gasteiger partial charge in [0.1, 0.15) is 30.0 Å². The molecule has 4 bridgehead atoms. The van der Waals surface area contributed by atoms with Gasteiger partial charge in [-0.2, -0.15) is 0 Å². The number of hydrogen-bond acceptors (Lipinski definition) is 12. The normalized spacial score (nSPS) is 33.6. The van der Waals surface area contributed by atoms with Crippen LogP contribution in [-0.2, 0) is 42.2 Å². The summed E-state index contributed by atoms with van der Waals surface area (Å²) in [4.78, 5) is 72.8. The van der Waals surface area contributed by atoms with Crippen LogP contribution in [0.15, 0.2) is 102 Å². The molecule has 5 aliphatic rings. The molecule has 0 aromatic heterocycles. The Balaban J connectivity index is 1.32. The highest BCUT2D eigenvalue weighted by Gasteiger charge is 2.79. The van der Waals surface area contributed by atoms with Gasteiger partial charge in [0.2, 0.25) is 0 Å². The predicted octanol–water partition coefficient (Wildman–Crippen LogP) is 7.45. The summed E-state index contributed by atoms with van der Waals surface area (Å²) in [7, 11) is -5.49. The van der Waals surface area contributed by atoms with Crippen LogP contribution >= 0.6 is 0 Å². The van der Waals surface area contributed by atoms with E-state index in [0.29, 0.717) is 27.9 Å². The van der Waals surface area contributed by atoms with Crippen LogP contribution in [0.4, 0.5) is 0 Å². The molecule has 2 saturated heterocycles. The molecule has 3 aromatic carbocycles. The van der Waals surface area contributed by atoms with Crippen molar-refractivity contribution in [2.45, 2.75) is 134 Å². The van der Waals surface area contributed by atoms with Gasteiger partial charge in [-0.3, -0.25) is 19.2 Å². The van der Waals surface area contributed by atoms with E-state index in [1.165, 1.54) is 6.92 Å². The second kappa shape index (κ2) is 17.1. The first kappa shape index (κ1) is 47.7. The Hall–Kier alpha value is -4.78. The molecule has 66 heavy (non-hydrogen) atoms. The minimum absolute atomic E-state index is 0.132. The topological polar surface area (TPSA) is 173 Å². The van der Waals surface area contributed by atoms with Gasteiger partial charge in [-0.05, 0) is 93.6 Å². The van der Waals surface area contributed by atoms with Crippen molar-refractivity contribution in [2.24, 2.45) is 22.7 Å². The number of fused-ring (bicyclic) bond motifs is 6. The fourth-order valence-corrected chi connectivity index (χ4v) is 23.0. The maximum atomic E-state index is 16.3. The number of amides is 1. The highest BCUT2D eigenvalue weighted by atomic mass is 28.4. The van der Waals surface area contributed by atoms with E-state index in [1.807, 2.05) is 50.2 Å². The molecular weight excluding hydrogens is 875 g/mol. The van der Waals surface area contributed by atoms with Crippen LogP contribution in [0.5, 0.6) is 0 Å². The molecule has 0 radical (unpaired) electrons. The number of carbonyl (C=O) groups is 5. The summed E-state index contributed by atoms with van der Waals surface area (Å²) in [6.45, 7) is 18.4. The SMILES string of the molecule is CC(=O)OC12CO[C@@H]1C[C@@H]1O[Si](C)(C)C[Si](C)(C)O[C@H]3C(=O)[C@@]1(C)C2[C@@H](OC(=O)c1ccccc1)[C@]1(O)C[C@@H](OC(=O)[C@@H](C)[C@@H](NC(=O)c2ccccc2)c2ccccc2)C(C)=C3C1(C)C. The third-order valence-corrected chi connectivity index (χ3v) is 23.8. The number of ketones is 1. The number of carbonyl (C=O) groups excluding carboxylic acids is 5. The highest BCUT2D eigenvalue weighted by Crippen LogP contribution is 2.65. The van der Waals surface area contributed by atoms with E-state index >= 15 is 4.79 Å². The molecular formula is C51H63NO12Si2. The molecule has 8 rings (SSSR count). The third kappa shape index (κ3) is 8.02. The Morgan fingerprint density at radius 2 is 1.39 bits per heavy atom. The maximum Gasteiger partial charge on any atom is 0.338 e. The summed E-state index contributed by atoms with van der Waals surface area (Å²) < 4.78 is 40.4. The Morgan fingerprint density at radius 3 is 1.97 bits per heavy atom. The number of Topliss-reactive ketones (excluding diaryl/α,β-unsaturated/α-hetero) is 1. The summed E-state index contributed by atoms with van der Waals surface area (Å²) >= 11 is 0. The van der Waals surface area contributed by atoms with Crippen LogP contribution in [0.1, 0.15) is 86.7 Å². The van der Waals surface area contributed by atoms with Crippen molar-refractivity contribution in [1.82, 2.24) is 5.32 Å². The lowest BCUT2D eigenvalue weighted by atomic mass is 9.44. The summed E-state index contributed by atoms with van der Waals surface area (Å²) in [5.74, 6) is -5.02. The smallest absolute Gasteiger partial charge is 0.338 e. The average molecular weight is 938 g/mol. The van der Waals surface area contributed by atoms with Gasteiger partial charge in [-0.1, -0.05) is 80.6 Å². The molecule has 2 aliphatic heterocycles. The number of ether oxygens (including phenoxy) is 4. The standard InChI is InChI=1S/C51H63NO12Si2/c1-30-36(60-46(56)31(2)40(33-20-14-11-15-21-33)52-45(55)34-22-16-12-17-23-34)27-51(58)44(61-47(57)35-24-18-13-19-25-35)42-49(6)37(26-38-50(42,28-59-38)62-32(3)53)63-65(7,8)29-66(9,10)64-41(43(49)54)39(30)48(51,4)5/h11-25,31,36-38,40-42,44,58H,26-29H2,1-10H3,(H,52,55)/t31-,36+,37-,38+,40+,41+,42?,44+,49+,50?,51+/m0/s1. The van der Waals surface area contributed by atoms with Crippen LogP contribution in [0.2, 0.25) is 31.9 Å². The first-order valence-corrected chi connectivity index (χ1v) is 29.2. The van der Waals surface area contributed by atoms with Crippen molar-refractivity contribution >= 4 is 46.2 Å². The van der Waals surface area contributed by atoms with E-state index in [-0.39, 0.29) is 36.7 Å². The quantitative estimate of drug-likeness (QED) is 0.0941. The molecule has 15 heteroatoms. The molecule has 3 aromatic rings. The van der Waals surface area contributed by atoms with Crippen LogP contribution in [0, 0.1) is 22.7 Å². The Morgan fingerprint density at radius 1 is 0.818 bits per heavy atom. The van der Waals surface area contributed by atoms with Gasteiger partial charge in [0.25, 0.3) is 5.91 Å². The summed E-state index contributed by atoms with van der Waals surface area (Å²) in [5, 5.41) is 17.2. The lowest BCUT2D eigenvalue weighted by Gasteiger charge is -2.68. The first-order valence-electron chi connectivity index (χ1n) is 23.0. The molecule has 11 atom stereocenters. The van der Waals surface area contributed by atoms with E-state index < -0.39 is 105 Å². The molecule has 13 nitrogen and oxygen atoms in total. The second-order valence-electron chi connectivity index (χ2n) is 21.0. The lowest BCUT2D eigenvalue weighted by Crippen LogP contribution is -2.82. The Labute approximate surface area is 389 Å². The van der Waals surface area contributed by atoms with Crippen molar-refractivity contribution < 1.29 is 56.9 Å². The van der Waals surface area contributed by atoms with Crippen molar-refractivity contribution in [2.75, 3.05) is 6.61 Å². The summed E-state index contributed by atoms with van der Waals surface area (Å²) in [6, 6.07) is 25.4. The number of hydrogen-bond donors (Lipinski definition) is 2. The average Bonchev–Trinajstić information content (AvgIpc) is 3.27. The predicted molar refractivity (Wildman–Crippen MR) is 249 cm³/mol. The number of aliphatic hydroxyl groups is 1. The minimum atomic E-state index is -2.82. The van der Waals surface area contributed by atoms with Crippen LogP contribution in [0.25, 0.3) is 0 Å². The molecule has 3 aliphatic carbocycles. The van der Waals surface area contributed by atoms with Gasteiger partial charge in [0, 0.05) is 30.7 Å². The molecule has 4 fully saturated rings. The van der Waals surface area contributed by atoms with Gasteiger partial charge in [0.05, 0.1) is 41.6 Å². The second-order valence-corrected chi connectivity index (χ2v) is 29.9. The molecule has 2 N–H and O–H groups in total. The van der Waals surface area contributed by atoms with Crippen molar-refractivity contribution in [3.05, 3.63) is 119 Å². The highest BCUT2D eigenvalue weighted by molar-refractivity contribution is 6.89. The molecule has 0 spiro atoms. The maximum absolute atomic E-state index is 16.3. The molecule has 2 unspecified atom stereocenters. The fourth-order valence-electron chi connectivity index (χ4n) is 12.2. The Kier molecular flexibility index (Phi) is 12.3. The van der Waals surface area contributed by atoms with E-state index in [4.69, 9.17) is 27.8 Å².